The Morgan fingerprint density at radius 3 is 2.86 bits per heavy atom. The van der Waals surface area contributed by atoms with E-state index in [2.05, 4.69) is 29.1 Å². The summed E-state index contributed by atoms with van der Waals surface area (Å²) >= 11 is 0. The van der Waals surface area contributed by atoms with Crippen molar-refractivity contribution in [3.8, 4) is 0 Å². The standard InChI is InChI=1S/C11H19N3/c1-8(2)3-11-13-7-10(14-11)4-9-5-12-6-9/h7-9,12H,3-6H2,1-2H3,(H,13,14). The summed E-state index contributed by atoms with van der Waals surface area (Å²) < 4.78 is 0. The zero-order valence-corrected chi connectivity index (χ0v) is 9.01. The molecule has 0 aromatic carbocycles. The smallest absolute Gasteiger partial charge is 0.106 e. The van der Waals surface area contributed by atoms with Crippen LogP contribution in [0.2, 0.25) is 0 Å². The lowest BCUT2D eigenvalue weighted by Gasteiger charge is -2.26. The summed E-state index contributed by atoms with van der Waals surface area (Å²) in [6.45, 7) is 6.77. The van der Waals surface area contributed by atoms with Gasteiger partial charge in [0.2, 0.25) is 0 Å². The molecule has 0 bridgehead atoms. The Labute approximate surface area is 85.3 Å². The van der Waals surface area contributed by atoms with Crippen LogP contribution in [0.3, 0.4) is 0 Å². The minimum Gasteiger partial charge on any atom is -0.346 e. The summed E-state index contributed by atoms with van der Waals surface area (Å²) in [4.78, 5) is 7.80. The molecular formula is C11H19N3. The number of rotatable bonds is 4. The monoisotopic (exact) mass is 193 g/mol. The van der Waals surface area contributed by atoms with Gasteiger partial charge in [0, 0.05) is 18.3 Å². The molecular weight excluding hydrogens is 174 g/mol. The van der Waals surface area contributed by atoms with Gasteiger partial charge in [0.15, 0.2) is 0 Å². The highest BCUT2D eigenvalue weighted by molar-refractivity contribution is 5.04. The van der Waals surface area contributed by atoms with Crippen LogP contribution in [0.25, 0.3) is 0 Å². The van der Waals surface area contributed by atoms with Gasteiger partial charge < -0.3 is 10.3 Å². The number of aromatic amines is 1. The van der Waals surface area contributed by atoms with Gasteiger partial charge in [0.1, 0.15) is 5.82 Å². The Kier molecular flexibility index (Phi) is 2.87. The molecule has 1 aromatic heterocycles. The molecule has 0 radical (unpaired) electrons. The lowest BCUT2D eigenvalue weighted by Crippen LogP contribution is -2.43. The van der Waals surface area contributed by atoms with E-state index in [0.29, 0.717) is 5.92 Å². The maximum atomic E-state index is 4.39. The van der Waals surface area contributed by atoms with Crippen LogP contribution in [0.4, 0.5) is 0 Å². The Bertz CT molecular complexity index is 286. The molecule has 0 spiro atoms. The van der Waals surface area contributed by atoms with Gasteiger partial charge in [-0.05, 0) is 31.3 Å². The number of hydrogen-bond acceptors (Lipinski definition) is 2. The number of hydrogen-bond donors (Lipinski definition) is 2. The molecule has 1 fully saturated rings. The van der Waals surface area contributed by atoms with Crippen LogP contribution in [-0.4, -0.2) is 23.1 Å². The van der Waals surface area contributed by atoms with Crippen molar-refractivity contribution in [3.63, 3.8) is 0 Å². The van der Waals surface area contributed by atoms with E-state index in [9.17, 15) is 0 Å². The van der Waals surface area contributed by atoms with Crippen molar-refractivity contribution in [2.24, 2.45) is 11.8 Å². The van der Waals surface area contributed by atoms with E-state index in [4.69, 9.17) is 0 Å². The molecule has 0 atom stereocenters. The van der Waals surface area contributed by atoms with E-state index in [1.54, 1.807) is 0 Å². The van der Waals surface area contributed by atoms with Crippen LogP contribution in [0.1, 0.15) is 25.4 Å². The van der Waals surface area contributed by atoms with Crippen LogP contribution in [0.15, 0.2) is 6.20 Å². The van der Waals surface area contributed by atoms with Crippen molar-refractivity contribution in [2.75, 3.05) is 13.1 Å². The second kappa shape index (κ2) is 4.13. The topological polar surface area (TPSA) is 40.7 Å². The normalized spacial score (nSPS) is 17.4. The van der Waals surface area contributed by atoms with Crippen LogP contribution >= 0.6 is 0 Å². The molecule has 3 heteroatoms. The molecule has 0 unspecified atom stereocenters. The Morgan fingerprint density at radius 2 is 2.29 bits per heavy atom. The third-order valence-corrected chi connectivity index (χ3v) is 2.66. The van der Waals surface area contributed by atoms with Crippen LogP contribution in [-0.2, 0) is 12.8 Å². The molecule has 2 N–H and O–H groups in total. The Morgan fingerprint density at radius 1 is 1.50 bits per heavy atom. The summed E-state index contributed by atoms with van der Waals surface area (Å²) in [6.07, 6.45) is 4.21. The first-order chi connectivity index (χ1) is 6.74. The van der Waals surface area contributed by atoms with E-state index in [0.717, 1.165) is 24.6 Å². The van der Waals surface area contributed by atoms with E-state index in [1.165, 1.54) is 18.8 Å². The zero-order valence-electron chi connectivity index (χ0n) is 9.01. The highest BCUT2D eigenvalue weighted by atomic mass is 15.0. The van der Waals surface area contributed by atoms with Crippen molar-refractivity contribution in [3.05, 3.63) is 17.7 Å². The van der Waals surface area contributed by atoms with E-state index >= 15 is 0 Å². The zero-order chi connectivity index (χ0) is 9.97. The Hall–Kier alpha value is -0.830. The molecule has 1 aliphatic rings. The van der Waals surface area contributed by atoms with Gasteiger partial charge >= 0.3 is 0 Å². The third-order valence-electron chi connectivity index (χ3n) is 2.66. The number of nitrogens with one attached hydrogen (secondary N) is 2. The first-order valence-electron chi connectivity index (χ1n) is 5.47. The summed E-state index contributed by atoms with van der Waals surface area (Å²) in [6, 6.07) is 0. The molecule has 2 heterocycles. The van der Waals surface area contributed by atoms with Crippen LogP contribution in [0, 0.1) is 11.8 Å². The highest BCUT2D eigenvalue weighted by Gasteiger charge is 2.17. The molecule has 1 aromatic rings. The average Bonchev–Trinajstić information content (AvgIpc) is 2.44. The summed E-state index contributed by atoms with van der Waals surface area (Å²) in [5.74, 6) is 2.64. The predicted octanol–water partition coefficient (Wildman–Crippen LogP) is 1.37. The molecule has 1 saturated heterocycles. The summed E-state index contributed by atoms with van der Waals surface area (Å²) in [5.41, 5.74) is 1.30. The first kappa shape index (κ1) is 9.71. The van der Waals surface area contributed by atoms with E-state index in [-0.39, 0.29) is 0 Å². The molecule has 3 nitrogen and oxygen atoms in total. The predicted molar refractivity (Wildman–Crippen MR) is 57.2 cm³/mol. The van der Waals surface area contributed by atoms with Gasteiger partial charge in [-0.25, -0.2) is 4.98 Å². The SMILES string of the molecule is CC(C)Cc1ncc(CC2CNC2)[nH]1. The number of imidazole rings is 1. The van der Waals surface area contributed by atoms with Crippen molar-refractivity contribution in [2.45, 2.75) is 26.7 Å². The molecule has 0 aliphatic carbocycles. The summed E-state index contributed by atoms with van der Waals surface area (Å²) in [7, 11) is 0. The van der Waals surface area contributed by atoms with Crippen LogP contribution in [0.5, 0.6) is 0 Å². The average molecular weight is 193 g/mol. The molecule has 0 saturated carbocycles. The highest BCUT2D eigenvalue weighted by Crippen LogP contribution is 2.12. The second-order valence-electron chi connectivity index (χ2n) is 4.68. The van der Waals surface area contributed by atoms with Gasteiger partial charge in [-0.1, -0.05) is 13.8 Å². The summed E-state index contributed by atoms with van der Waals surface area (Å²) in [5, 5.41) is 3.29. The van der Waals surface area contributed by atoms with Gasteiger partial charge in [-0.3, -0.25) is 0 Å². The third kappa shape index (κ3) is 2.35. The number of aromatic nitrogens is 2. The molecule has 78 valence electrons. The van der Waals surface area contributed by atoms with Crippen molar-refractivity contribution in [1.29, 1.82) is 0 Å². The lowest BCUT2D eigenvalue weighted by molar-refractivity contribution is 0.344. The van der Waals surface area contributed by atoms with Crippen molar-refractivity contribution >= 4 is 0 Å². The molecule has 2 rings (SSSR count). The lowest BCUT2D eigenvalue weighted by atomic mass is 9.98. The minimum absolute atomic E-state index is 0.680. The molecule has 1 aliphatic heterocycles. The minimum atomic E-state index is 0.680. The molecule has 14 heavy (non-hydrogen) atoms. The van der Waals surface area contributed by atoms with Gasteiger partial charge in [-0.15, -0.1) is 0 Å². The fourth-order valence-electron chi connectivity index (χ4n) is 1.80. The molecule has 0 amide bonds. The van der Waals surface area contributed by atoms with Crippen molar-refractivity contribution < 1.29 is 0 Å². The van der Waals surface area contributed by atoms with Gasteiger partial charge in [0.05, 0.1) is 0 Å². The van der Waals surface area contributed by atoms with E-state index < -0.39 is 0 Å². The first-order valence-corrected chi connectivity index (χ1v) is 5.47. The number of H-pyrrole nitrogens is 1. The number of nitrogens with zero attached hydrogens (tertiary/aromatic N) is 1. The maximum absolute atomic E-state index is 4.39. The fourth-order valence-corrected chi connectivity index (χ4v) is 1.80. The quantitative estimate of drug-likeness (QED) is 0.758. The van der Waals surface area contributed by atoms with Crippen LogP contribution < -0.4 is 5.32 Å². The largest absolute Gasteiger partial charge is 0.346 e. The Balaban J connectivity index is 1.88. The second-order valence-corrected chi connectivity index (χ2v) is 4.68. The van der Waals surface area contributed by atoms with Crippen molar-refractivity contribution in [1.82, 2.24) is 15.3 Å². The van der Waals surface area contributed by atoms with E-state index in [1.807, 2.05) is 6.20 Å². The van der Waals surface area contributed by atoms with Gasteiger partial charge in [-0.2, -0.15) is 0 Å². The van der Waals surface area contributed by atoms with Gasteiger partial charge in [0.25, 0.3) is 0 Å². The maximum Gasteiger partial charge on any atom is 0.106 e. The fraction of sp³-hybridized carbons (Fsp3) is 0.727.